The Labute approximate surface area is 132 Å². The first-order valence-corrected chi connectivity index (χ1v) is 7.82. The molecule has 0 fully saturated rings. The highest BCUT2D eigenvalue weighted by atomic mass is 127. The maximum absolute atomic E-state index is 13.8. The van der Waals surface area contributed by atoms with Gasteiger partial charge in [0.15, 0.2) is 0 Å². The molecule has 0 heterocycles. The van der Waals surface area contributed by atoms with Crippen molar-refractivity contribution in [2.75, 3.05) is 11.5 Å². The van der Waals surface area contributed by atoms with Gasteiger partial charge in [0.2, 0.25) is 0 Å². The van der Waals surface area contributed by atoms with Crippen molar-refractivity contribution in [1.29, 1.82) is 0 Å². The summed E-state index contributed by atoms with van der Waals surface area (Å²) in [5.74, 6) is 0.572. The minimum Gasteiger partial charge on any atom is -0.497 e. The maximum atomic E-state index is 13.8. The van der Waals surface area contributed by atoms with E-state index in [2.05, 4.69) is 22.6 Å². The lowest BCUT2D eigenvalue weighted by Gasteiger charge is -2.16. The van der Waals surface area contributed by atoms with Crippen LogP contribution in [0.2, 0.25) is 0 Å². The van der Waals surface area contributed by atoms with Gasteiger partial charge in [-0.3, -0.25) is 0 Å². The zero-order valence-electron chi connectivity index (χ0n) is 11.2. The molecule has 0 radical (unpaired) electrons. The Kier molecular flexibility index (Phi) is 5.79. The Morgan fingerprint density at radius 1 is 1.15 bits per heavy atom. The van der Waals surface area contributed by atoms with Crippen LogP contribution in [0.4, 0.5) is 4.39 Å². The Bertz CT molecular complexity index is 560. The number of benzene rings is 2. The normalized spacial score (nSPS) is 12.2. The summed E-state index contributed by atoms with van der Waals surface area (Å²) in [4.78, 5) is 0. The molecule has 1 atom stereocenters. The molecule has 20 heavy (non-hydrogen) atoms. The molecule has 0 saturated heterocycles. The smallest absolute Gasteiger partial charge is 0.129 e. The molecule has 0 N–H and O–H groups in total. The van der Waals surface area contributed by atoms with Crippen LogP contribution in [0.5, 0.6) is 5.75 Å². The maximum Gasteiger partial charge on any atom is 0.129 e. The first-order chi connectivity index (χ1) is 9.74. The zero-order valence-corrected chi connectivity index (χ0v) is 13.3. The highest BCUT2D eigenvalue weighted by Gasteiger charge is 2.14. The first kappa shape index (κ1) is 15.3. The number of ether oxygens (including phenoxy) is 2. The third-order valence-electron chi connectivity index (χ3n) is 2.98. The van der Waals surface area contributed by atoms with Crippen LogP contribution >= 0.6 is 22.6 Å². The second-order valence-electron chi connectivity index (χ2n) is 4.33. The average Bonchev–Trinajstić information content (AvgIpc) is 2.49. The van der Waals surface area contributed by atoms with Crippen molar-refractivity contribution in [3.63, 3.8) is 0 Å². The van der Waals surface area contributed by atoms with Crippen LogP contribution in [0, 0.1) is 5.82 Å². The lowest BCUT2D eigenvalue weighted by Crippen LogP contribution is -2.08. The summed E-state index contributed by atoms with van der Waals surface area (Å²) >= 11 is 2.21. The van der Waals surface area contributed by atoms with E-state index in [1.165, 1.54) is 6.07 Å². The SMILES string of the molecule is COc1cccc(COC(CI)c2ccccc2F)c1. The van der Waals surface area contributed by atoms with E-state index in [4.69, 9.17) is 9.47 Å². The van der Waals surface area contributed by atoms with Crippen LogP contribution in [0.25, 0.3) is 0 Å². The van der Waals surface area contributed by atoms with E-state index in [1.807, 2.05) is 30.3 Å². The predicted molar refractivity (Wildman–Crippen MR) is 85.8 cm³/mol. The summed E-state index contributed by atoms with van der Waals surface area (Å²) in [6, 6.07) is 14.4. The van der Waals surface area contributed by atoms with Gasteiger partial charge in [0.05, 0.1) is 19.8 Å². The highest BCUT2D eigenvalue weighted by Crippen LogP contribution is 2.24. The molecule has 1 unspecified atom stereocenters. The van der Waals surface area contributed by atoms with Crippen LogP contribution in [-0.4, -0.2) is 11.5 Å². The monoisotopic (exact) mass is 386 g/mol. The largest absolute Gasteiger partial charge is 0.497 e. The molecule has 0 aliphatic rings. The molecule has 4 heteroatoms. The van der Waals surface area contributed by atoms with Crippen molar-refractivity contribution >= 4 is 22.6 Å². The second kappa shape index (κ2) is 7.59. The molecule has 2 aromatic carbocycles. The van der Waals surface area contributed by atoms with Gasteiger partial charge >= 0.3 is 0 Å². The van der Waals surface area contributed by atoms with E-state index in [0.29, 0.717) is 16.6 Å². The van der Waals surface area contributed by atoms with Crippen molar-refractivity contribution < 1.29 is 13.9 Å². The van der Waals surface area contributed by atoms with E-state index >= 15 is 0 Å². The van der Waals surface area contributed by atoms with Crippen molar-refractivity contribution in [2.45, 2.75) is 12.7 Å². The number of methoxy groups -OCH3 is 1. The van der Waals surface area contributed by atoms with Crippen LogP contribution < -0.4 is 4.74 Å². The predicted octanol–water partition coefficient (Wildman–Crippen LogP) is 4.53. The van der Waals surface area contributed by atoms with Gasteiger partial charge in [0.25, 0.3) is 0 Å². The van der Waals surface area contributed by atoms with E-state index in [0.717, 1.165) is 11.3 Å². The molecule has 106 valence electrons. The van der Waals surface area contributed by atoms with E-state index < -0.39 is 0 Å². The summed E-state index contributed by atoms with van der Waals surface area (Å²) in [6.45, 7) is 0.430. The van der Waals surface area contributed by atoms with Crippen molar-refractivity contribution in [2.24, 2.45) is 0 Å². The number of halogens is 2. The quantitative estimate of drug-likeness (QED) is 0.537. The molecule has 0 aliphatic heterocycles. The van der Waals surface area contributed by atoms with Gasteiger partial charge in [0, 0.05) is 9.99 Å². The lowest BCUT2D eigenvalue weighted by molar-refractivity contribution is 0.0553. The fraction of sp³-hybridized carbons (Fsp3) is 0.250. The highest BCUT2D eigenvalue weighted by molar-refractivity contribution is 14.1. The third kappa shape index (κ3) is 3.93. The average molecular weight is 386 g/mol. The number of alkyl halides is 1. The van der Waals surface area contributed by atoms with Crippen LogP contribution in [0.1, 0.15) is 17.2 Å². The van der Waals surface area contributed by atoms with E-state index in [-0.39, 0.29) is 11.9 Å². The minimum atomic E-state index is -0.247. The lowest BCUT2D eigenvalue weighted by atomic mass is 10.1. The Hall–Kier alpha value is -1.14. The van der Waals surface area contributed by atoms with Crippen LogP contribution in [-0.2, 0) is 11.3 Å². The van der Waals surface area contributed by atoms with Gasteiger partial charge in [-0.25, -0.2) is 4.39 Å². The fourth-order valence-corrected chi connectivity index (χ4v) is 2.64. The van der Waals surface area contributed by atoms with E-state index in [9.17, 15) is 4.39 Å². The van der Waals surface area contributed by atoms with Crippen molar-refractivity contribution in [3.8, 4) is 5.75 Å². The summed E-state index contributed by atoms with van der Waals surface area (Å²) in [6.07, 6.45) is -0.247. The fourth-order valence-electron chi connectivity index (χ4n) is 1.91. The van der Waals surface area contributed by atoms with Crippen LogP contribution in [0.3, 0.4) is 0 Å². The molecule has 2 rings (SSSR count). The zero-order chi connectivity index (χ0) is 14.4. The van der Waals surface area contributed by atoms with Crippen molar-refractivity contribution in [3.05, 3.63) is 65.5 Å². The minimum absolute atomic E-state index is 0.222. The van der Waals surface area contributed by atoms with E-state index in [1.54, 1.807) is 19.2 Å². The molecule has 0 spiro atoms. The molecular formula is C16H16FIO2. The van der Waals surface area contributed by atoms with Gasteiger partial charge in [0.1, 0.15) is 11.6 Å². The second-order valence-corrected chi connectivity index (χ2v) is 5.21. The Balaban J connectivity index is 2.06. The summed E-state index contributed by atoms with van der Waals surface area (Å²) in [7, 11) is 1.63. The standard InChI is InChI=1S/C16H16FIO2/c1-19-13-6-4-5-12(9-13)11-20-16(10-18)14-7-2-3-8-15(14)17/h2-9,16H,10-11H2,1H3. The molecule has 2 nitrogen and oxygen atoms in total. The summed E-state index contributed by atoms with van der Waals surface area (Å²) < 4.78 is 25.5. The molecule has 0 saturated carbocycles. The number of hydrogen-bond acceptors (Lipinski definition) is 2. The number of rotatable bonds is 6. The summed E-state index contributed by atoms with van der Waals surface area (Å²) in [5, 5.41) is 0. The van der Waals surface area contributed by atoms with Gasteiger partial charge in [-0.1, -0.05) is 52.9 Å². The summed E-state index contributed by atoms with van der Waals surface area (Å²) in [5.41, 5.74) is 1.61. The van der Waals surface area contributed by atoms with Gasteiger partial charge in [-0.15, -0.1) is 0 Å². The van der Waals surface area contributed by atoms with Gasteiger partial charge in [-0.2, -0.15) is 0 Å². The molecular weight excluding hydrogens is 370 g/mol. The van der Waals surface area contributed by atoms with Gasteiger partial charge < -0.3 is 9.47 Å². The molecule has 0 aliphatic carbocycles. The van der Waals surface area contributed by atoms with Crippen molar-refractivity contribution in [1.82, 2.24) is 0 Å². The molecule has 0 bridgehead atoms. The van der Waals surface area contributed by atoms with Crippen LogP contribution in [0.15, 0.2) is 48.5 Å². The first-order valence-electron chi connectivity index (χ1n) is 6.29. The Morgan fingerprint density at radius 3 is 2.65 bits per heavy atom. The molecule has 0 amide bonds. The topological polar surface area (TPSA) is 18.5 Å². The molecule has 2 aromatic rings. The third-order valence-corrected chi connectivity index (χ3v) is 3.78. The Morgan fingerprint density at radius 2 is 1.95 bits per heavy atom. The van der Waals surface area contributed by atoms with Gasteiger partial charge in [-0.05, 0) is 23.8 Å². The number of hydrogen-bond donors (Lipinski definition) is 0. The molecule has 0 aromatic heterocycles.